The first-order valence-electron chi connectivity index (χ1n) is 8.69. The molecule has 0 unspecified atom stereocenters. The molecule has 3 aromatic rings. The van der Waals surface area contributed by atoms with Crippen molar-refractivity contribution in [3.05, 3.63) is 63.9 Å². The summed E-state index contributed by atoms with van der Waals surface area (Å²) in [6.45, 7) is 3.07. The lowest BCUT2D eigenvalue weighted by Gasteiger charge is -2.06. The molecule has 0 fully saturated rings. The molecule has 4 rings (SSSR count). The average molecular weight is 398 g/mol. The molecule has 6 nitrogen and oxygen atoms in total. The summed E-state index contributed by atoms with van der Waals surface area (Å²) in [5.41, 5.74) is 2.95. The highest BCUT2D eigenvalue weighted by Gasteiger charge is 2.27. The number of fused-ring (bicyclic) bond motifs is 2. The van der Waals surface area contributed by atoms with Crippen LogP contribution in [0.4, 0.5) is 5.69 Å². The number of nitrogens with one attached hydrogen (secondary N) is 1. The van der Waals surface area contributed by atoms with E-state index in [9.17, 15) is 14.4 Å². The van der Waals surface area contributed by atoms with E-state index in [1.54, 1.807) is 50.2 Å². The maximum absolute atomic E-state index is 12.4. The highest BCUT2D eigenvalue weighted by atomic mass is 35.5. The number of anilines is 1. The number of Topliss-reactive ketones (excluding diaryl/α,β-unsaturated/α-hetero) is 1. The van der Waals surface area contributed by atoms with Crippen LogP contribution < -0.4 is 5.32 Å². The maximum Gasteiger partial charge on any atom is 0.375 e. The topological polar surface area (TPSA) is 85.6 Å². The Morgan fingerprint density at radius 1 is 1.21 bits per heavy atom. The minimum Gasteiger partial charge on any atom is -0.451 e. The molecule has 0 aliphatic carbocycles. The second kappa shape index (κ2) is 6.80. The number of carbonyl (C=O) groups excluding carboxylic acids is 3. The van der Waals surface area contributed by atoms with Gasteiger partial charge in [0.05, 0.1) is 5.92 Å². The third kappa shape index (κ3) is 3.05. The molecular formula is C21H16ClNO5. The summed E-state index contributed by atoms with van der Waals surface area (Å²) in [5.74, 6) is -1.46. The second-order valence-corrected chi connectivity index (χ2v) is 7.15. The van der Waals surface area contributed by atoms with Crippen molar-refractivity contribution < 1.29 is 23.5 Å². The first kappa shape index (κ1) is 18.3. The van der Waals surface area contributed by atoms with Crippen molar-refractivity contribution in [2.24, 2.45) is 0 Å². The fourth-order valence-electron chi connectivity index (χ4n) is 3.26. The molecule has 0 spiro atoms. The summed E-state index contributed by atoms with van der Waals surface area (Å²) in [5, 5.41) is 4.00. The van der Waals surface area contributed by atoms with Gasteiger partial charge in [-0.25, -0.2) is 4.79 Å². The van der Waals surface area contributed by atoms with Crippen LogP contribution in [0.5, 0.6) is 0 Å². The minimum absolute atomic E-state index is 0.0439. The Bertz CT molecular complexity index is 1150. The van der Waals surface area contributed by atoms with E-state index in [4.69, 9.17) is 20.8 Å². The van der Waals surface area contributed by atoms with E-state index in [2.05, 4.69) is 5.32 Å². The monoisotopic (exact) mass is 397 g/mol. The molecule has 2 heterocycles. The van der Waals surface area contributed by atoms with Crippen molar-refractivity contribution in [2.45, 2.75) is 19.8 Å². The van der Waals surface area contributed by atoms with E-state index in [1.807, 2.05) is 0 Å². The lowest BCUT2D eigenvalue weighted by molar-refractivity contribution is -0.116. The predicted octanol–water partition coefficient (Wildman–Crippen LogP) is 4.49. The first-order chi connectivity index (χ1) is 13.3. The van der Waals surface area contributed by atoms with Crippen molar-refractivity contribution in [1.29, 1.82) is 0 Å². The summed E-state index contributed by atoms with van der Waals surface area (Å²) >= 11 is 5.98. The van der Waals surface area contributed by atoms with E-state index in [0.717, 1.165) is 10.9 Å². The lowest BCUT2D eigenvalue weighted by Crippen LogP contribution is -2.14. The fraction of sp³-hybridized carbons (Fsp3) is 0.190. The molecule has 1 atom stereocenters. The number of halogens is 1. The van der Waals surface area contributed by atoms with Gasteiger partial charge in [-0.1, -0.05) is 11.6 Å². The third-order valence-corrected chi connectivity index (χ3v) is 5.14. The van der Waals surface area contributed by atoms with Gasteiger partial charge in [-0.15, -0.1) is 0 Å². The van der Waals surface area contributed by atoms with E-state index in [0.29, 0.717) is 27.4 Å². The van der Waals surface area contributed by atoms with Crippen LogP contribution in [-0.2, 0) is 9.53 Å². The SMILES string of the molecule is Cc1c(C(=O)OCC(=O)c2ccc3c(c2)[C@@H](C)C(=O)N3)oc2ccc(Cl)cc12. The summed E-state index contributed by atoms with van der Waals surface area (Å²) in [6, 6.07) is 9.98. The number of carbonyl (C=O) groups is 3. The zero-order valence-corrected chi connectivity index (χ0v) is 15.9. The highest BCUT2D eigenvalue weighted by molar-refractivity contribution is 6.31. The molecule has 0 bridgehead atoms. The largest absolute Gasteiger partial charge is 0.451 e. The number of rotatable bonds is 4. The van der Waals surface area contributed by atoms with Crippen molar-refractivity contribution >= 4 is 45.9 Å². The molecule has 1 aliphatic heterocycles. The van der Waals surface area contributed by atoms with Gasteiger partial charge >= 0.3 is 5.97 Å². The quantitative estimate of drug-likeness (QED) is 0.517. The van der Waals surface area contributed by atoms with Crippen LogP contribution >= 0.6 is 11.6 Å². The van der Waals surface area contributed by atoms with Gasteiger partial charge in [0.15, 0.2) is 12.4 Å². The Morgan fingerprint density at radius 3 is 2.79 bits per heavy atom. The molecule has 142 valence electrons. The normalized spacial score (nSPS) is 15.4. The highest BCUT2D eigenvalue weighted by Crippen LogP contribution is 2.33. The van der Waals surface area contributed by atoms with Crippen LogP contribution in [0.3, 0.4) is 0 Å². The zero-order valence-electron chi connectivity index (χ0n) is 15.2. The van der Waals surface area contributed by atoms with Crippen LogP contribution in [0.25, 0.3) is 11.0 Å². The summed E-state index contributed by atoms with van der Waals surface area (Å²) in [4.78, 5) is 36.5. The van der Waals surface area contributed by atoms with Gasteiger partial charge in [-0.3, -0.25) is 9.59 Å². The average Bonchev–Trinajstić information content (AvgIpc) is 3.16. The van der Waals surface area contributed by atoms with Crippen molar-refractivity contribution in [1.82, 2.24) is 0 Å². The Kier molecular flexibility index (Phi) is 4.43. The molecule has 1 aromatic heterocycles. The fourth-order valence-corrected chi connectivity index (χ4v) is 3.43. The lowest BCUT2D eigenvalue weighted by atomic mass is 9.99. The smallest absolute Gasteiger partial charge is 0.375 e. The zero-order chi connectivity index (χ0) is 20.0. The molecule has 1 amide bonds. The summed E-state index contributed by atoms with van der Waals surface area (Å²) < 4.78 is 10.7. The number of ether oxygens (including phenoxy) is 1. The third-order valence-electron chi connectivity index (χ3n) is 4.91. The molecule has 1 N–H and O–H groups in total. The van der Waals surface area contributed by atoms with Gasteiger partial charge in [0.2, 0.25) is 11.7 Å². The Labute approximate surface area is 165 Å². The van der Waals surface area contributed by atoms with Crippen LogP contribution in [0, 0.1) is 6.92 Å². The minimum atomic E-state index is -0.718. The summed E-state index contributed by atoms with van der Waals surface area (Å²) in [7, 11) is 0. The Morgan fingerprint density at radius 2 is 2.00 bits per heavy atom. The number of benzene rings is 2. The molecule has 7 heteroatoms. The van der Waals surface area contributed by atoms with Crippen molar-refractivity contribution in [2.75, 3.05) is 11.9 Å². The number of ketones is 1. The number of hydrogen-bond acceptors (Lipinski definition) is 5. The van der Waals surface area contributed by atoms with Gasteiger partial charge in [0, 0.05) is 27.2 Å². The van der Waals surface area contributed by atoms with Gasteiger partial charge in [0.25, 0.3) is 0 Å². The number of amides is 1. The van der Waals surface area contributed by atoms with Crippen LogP contribution in [0.2, 0.25) is 5.02 Å². The Balaban J connectivity index is 1.49. The molecule has 1 aliphatic rings. The number of aryl methyl sites for hydroxylation is 1. The van der Waals surface area contributed by atoms with Crippen LogP contribution in [0.1, 0.15) is 44.9 Å². The van der Waals surface area contributed by atoms with Gasteiger partial charge in [-0.2, -0.15) is 0 Å². The van der Waals surface area contributed by atoms with E-state index in [-0.39, 0.29) is 23.4 Å². The molecule has 28 heavy (non-hydrogen) atoms. The molecule has 0 radical (unpaired) electrons. The maximum atomic E-state index is 12.4. The van der Waals surface area contributed by atoms with E-state index < -0.39 is 12.6 Å². The summed E-state index contributed by atoms with van der Waals surface area (Å²) in [6.07, 6.45) is 0. The van der Waals surface area contributed by atoms with Gasteiger partial charge in [0.1, 0.15) is 5.58 Å². The van der Waals surface area contributed by atoms with Crippen LogP contribution in [0.15, 0.2) is 40.8 Å². The molecule has 0 saturated carbocycles. The van der Waals surface area contributed by atoms with Crippen molar-refractivity contribution in [3.63, 3.8) is 0 Å². The second-order valence-electron chi connectivity index (χ2n) is 6.71. The number of hydrogen-bond donors (Lipinski definition) is 1. The standard InChI is InChI=1S/C21H16ClNO5/c1-10-15-8-13(22)4-6-18(15)28-19(10)21(26)27-9-17(24)12-3-5-16-14(7-12)11(2)20(25)23-16/h3-8,11H,9H2,1-2H3,(H,23,25)/t11-/m1/s1. The number of furan rings is 1. The van der Waals surface area contributed by atoms with Gasteiger partial charge in [-0.05, 0) is 55.8 Å². The van der Waals surface area contributed by atoms with Crippen molar-refractivity contribution in [3.8, 4) is 0 Å². The van der Waals surface area contributed by atoms with E-state index >= 15 is 0 Å². The molecule has 0 saturated heterocycles. The first-order valence-corrected chi connectivity index (χ1v) is 9.06. The van der Waals surface area contributed by atoms with Gasteiger partial charge < -0.3 is 14.5 Å². The van der Waals surface area contributed by atoms with Crippen LogP contribution in [-0.4, -0.2) is 24.3 Å². The molecule has 2 aromatic carbocycles. The van der Waals surface area contributed by atoms with E-state index in [1.165, 1.54) is 0 Å². The molecular weight excluding hydrogens is 382 g/mol. The predicted molar refractivity (Wildman–Crippen MR) is 104 cm³/mol. The Hall–Kier alpha value is -3.12. The number of esters is 1.